The number of benzene rings is 3. The van der Waals surface area contributed by atoms with E-state index in [0.717, 1.165) is 15.8 Å². The van der Waals surface area contributed by atoms with E-state index in [0.29, 0.717) is 22.4 Å². The van der Waals surface area contributed by atoms with Gasteiger partial charge in [0.15, 0.2) is 5.13 Å². The number of aliphatic hydroxyl groups excluding tert-OH is 1. The number of amides is 1. The van der Waals surface area contributed by atoms with E-state index in [1.165, 1.54) is 47.6 Å². The van der Waals surface area contributed by atoms with Gasteiger partial charge in [-0.05, 0) is 73.0 Å². The number of aromatic nitrogens is 1. The molecule has 186 valence electrons. The van der Waals surface area contributed by atoms with Crippen molar-refractivity contribution in [3.05, 3.63) is 98.6 Å². The van der Waals surface area contributed by atoms with Gasteiger partial charge in [0.1, 0.15) is 11.5 Å². The number of nitrogens with zero attached hydrogens (tertiary/aromatic N) is 3. The van der Waals surface area contributed by atoms with Gasteiger partial charge in [-0.15, -0.1) is 0 Å². The highest BCUT2D eigenvalue weighted by molar-refractivity contribution is 7.22. The number of aliphatic hydroxyl groups is 1. The predicted molar refractivity (Wildman–Crippen MR) is 140 cm³/mol. The molecule has 1 aromatic heterocycles. The highest BCUT2D eigenvalue weighted by Gasteiger charge is 2.48. The number of ketones is 1. The van der Waals surface area contributed by atoms with Gasteiger partial charge < -0.3 is 9.84 Å². The van der Waals surface area contributed by atoms with Gasteiger partial charge >= 0.3 is 5.91 Å². The van der Waals surface area contributed by atoms with Gasteiger partial charge in [-0.1, -0.05) is 17.4 Å². The van der Waals surface area contributed by atoms with Crippen LogP contribution in [0.5, 0.6) is 5.75 Å². The zero-order chi connectivity index (χ0) is 26.4. The lowest BCUT2D eigenvalue weighted by Gasteiger charge is -2.23. The van der Waals surface area contributed by atoms with Crippen LogP contribution in [0, 0.1) is 24.0 Å². The zero-order valence-corrected chi connectivity index (χ0v) is 20.9. The van der Waals surface area contributed by atoms with Gasteiger partial charge in [0.2, 0.25) is 0 Å². The molecule has 4 aromatic rings. The largest absolute Gasteiger partial charge is 0.507 e. The van der Waals surface area contributed by atoms with Crippen LogP contribution in [0.25, 0.3) is 16.0 Å². The lowest BCUT2D eigenvalue weighted by atomic mass is 9.94. The topological polar surface area (TPSA) is 123 Å². The van der Waals surface area contributed by atoms with E-state index in [9.17, 15) is 24.8 Å². The summed E-state index contributed by atoms with van der Waals surface area (Å²) in [6.07, 6.45) is 0. The molecule has 1 aliphatic rings. The fraction of sp³-hybridized carbons (Fsp3) is 0.148. The SMILES string of the molecule is COc1ccc(/C(O)=C2\C(=O)C(=O)N(c3nc4ccc(C)cc4s3)[C@@H]2c2ccc([N+](=O)[O-])cc2)cc1C. The van der Waals surface area contributed by atoms with Crippen LogP contribution in [0.4, 0.5) is 10.8 Å². The standard InChI is InChI=1S/C27H21N3O6S/c1-14-4-10-19-21(12-14)37-27(28-19)29-23(16-5-8-18(9-6-16)30(34)35)22(25(32)26(29)33)24(31)17-7-11-20(36-3)15(2)13-17/h4-13,23,31H,1-3H3/b24-22+/t23-/m1/s1. The molecule has 0 radical (unpaired) electrons. The maximum absolute atomic E-state index is 13.4. The van der Waals surface area contributed by atoms with E-state index in [-0.39, 0.29) is 22.2 Å². The van der Waals surface area contributed by atoms with E-state index in [1.807, 2.05) is 25.1 Å². The van der Waals surface area contributed by atoms with Crippen molar-refractivity contribution in [1.29, 1.82) is 0 Å². The monoisotopic (exact) mass is 515 g/mol. The summed E-state index contributed by atoms with van der Waals surface area (Å²) in [7, 11) is 1.53. The Morgan fingerprint density at radius 3 is 2.46 bits per heavy atom. The Labute approximate surface area is 215 Å². The number of thiazole rings is 1. The number of nitro groups is 1. The minimum atomic E-state index is -1.04. The van der Waals surface area contributed by atoms with E-state index < -0.39 is 22.7 Å². The first-order valence-corrected chi connectivity index (χ1v) is 12.1. The lowest BCUT2D eigenvalue weighted by molar-refractivity contribution is -0.384. The first-order valence-electron chi connectivity index (χ1n) is 11.3. The molecule has 0 saturated carbocycles. The molecule has 5 rings (SSSR count). The molecule has 0 bridgehead atoms. The Balaban J connectivity index is 1.72. The van der Waals surface area contributed by atoms with Gasteiger partial charge in [-0.25, -0.2) is 4.98 Å². The molecule has 2 heterocycles. The third-order valence-electron chi connectivity index (χ3n) is 6.27. The summed E-state index contributed by atoms with van der Waals surface area (Å²) in [6.45, 7) is 3.74. The Kier molecular flexibility index (Phi) is 5.96. The summed E-state index contributed by atoms with van der Waals surface area (Å²) in [4.78, 5) is 43.3. The third-order valence-corrected chi connectivity index (χ3v) is 7.29. The van der Waals surface area contributed by atoms with Crippen LogP contribution in [-0.2, 0) is 9.59 Å². The zero-order valence-electron chi connectivity index (χ0n) is 20.1. The van der Waals surface area contributed by atoms with Crippen LogP contribution in [0.1, 0.15) is 28.3 Å². The second kappa shape index (κ2) is 9.14. The minimum Gasteiger partial charge on any atom is -0.507 e. The van der Waals surface area contributed by atoms with Crippen LogP contribution in [0.3, 0.4) is 0 Å². The summed E-state index contributed by atoms with van der Waals surface area (Å²) < 4.78 is 6.13. The van der Waals surface area contributed by atoms with E-state index >= 15 is 0 Å². The van der Waals surface area contributed by atoms with Crippen molar-refractivity contribution in [3.63, 3.8) is 0 Å². The number of carbonyl (C=O) groups is 2. The lowest BCUT2D eigenvalue weighted by Crippen LogP contribution is -2.29. The fourth-order valence-corrected chi connectivity index (χ4v) is 5.52. The number of carbonyl (C=O) groups excluding carboxylic acids is 2. The van der Waals surface area contributed by atoms with Gasteiger partial charge in [-0.2, -0.15) is 0 Å². The summed E-state index contributed by atoms with van der Waals surface area (Å²) in [5.41, 5.74) is 2.91. The molecule has 1 aliphatic heterocycles. The highest BCUT2D eigenvalue weighted by Crippen LogP contribution is 2.44. The summed E-state index contributed by atoms with van der Waals surface area (Å²) in [5.74, 6) is -1.46. The maximum Gasteiger partial charge on any atom is 0.301 e. The summed E-state index contributed by atoms with van der Waals surface area (Å²) in [5, 5.41) is 22.8. The highest BCUT2D eigenvalue weighted by atomic mass is 32.1. The number of anilines is 1. The number of hydrogen-bond donors (Lipinski definition) is 1. The molecule has 10 heteroatoms. The van der Waals surface area contributed by atoms with E-state index in [1.54, 1.807) is 25.1 Å². The molecular weight excluding hydrogens is 494 g/mol. The second-order valence-electron chi connectivity index (χ2n) is 8.67. The number of aryl methyl sites for hydroxylation is 2. The van der Waals surface area contributed by atoms with Crippen LogP contribution in [-0.4, -0.2) is 33.8 Å². The van der Waals surface area contributed by atoms with Gasteiger partial charge in [-0.3, -0.25) is 24.6 Å². The van der Waals surface area contributed by atoms with Gasteiger partial charge in [0.05, 0.1) is 33.9 Å². The molecule has 1 fully saturated rings. The first-order chi connectivity index (χ1) is 17.7. The van der Waals surface area contributed by atoms with Crippen LogP contribution >= 0.6 is 11.3 Å². The molecule has 0 aliphatic carbocycles. The Morgan fingerprint density at radius 1 is 1.08 bits per heavy atom. The van der Waals surface area contributed by atoms with Crippen molar-refractivity contribution < 1.29 is 24.4 Å². The molecule has 1 amide bonds. The molecular formula is C27H21N3O6S. The molecule has 0 spiro atoms. The maximum atomic E-state index is 13.4. The van der Waals surface area contributed by atoms with Crippen molar-refractivity contribution in [2.45, 2.75) is 19.9 Å². The van der Waals surface area contributed by atoms with Crippen LogP contribution in [0.2, 0.25) is 0 Å². The molecule has 9 nitrogen and oxygen atoms in total. The number of nitro benzene ring substituents is 1. The molecule has 1 N–H and O–H groups in total. The Hall–Kier alpha value is -4.57. The van der Waals surface area contributed by atoms with Crippen molar-refractivity contribution >= 4 is 49.8 Å². The quantitative estimate of drug-likeness (QED) is 0.123. The van der Waals surface area contributed by atoms with Crippen molar-refractivity contribution in [3.8, 4) is 5.75 Å². The van der Waals surface area contributed by atoms with E-state index in [2.05, 4.69) is 4.98 Å². The first kappa shape index (κ1) is 24.1. The van der Waals surface area contributed by atoms with E-state index in [4.69, 9.17) is 4.74 Å². The molecule has 1 atom stereocenters. The average Bonchev–Trinajstić information content (AvgIpc) is 3.41. The number of non-ortho nitro benzene ring substituents is 1. The second-order valence-corrected chi connectivity index (χ2v) is 9.68. The smallest absolute Gasteiger partial charge is 0.301 e. The Morgan fingerprint density at radius 2 is 1.81 bits per heavy atom. The van der Waals surface area contributed by atoms with Crippen molar-refractivity contribution in [1.82, 2.24) is 4.98 Å². The number of Topliss-reactive ketones (excluding diaryl/α,β-unsaturated/α-hetero) is 1. The average molecular weight is 516 g/mol. The molecule has 1 saturated heterocycles. The Bertz CT molecular complexity index is 1620. The fourth-order valence-electron chi connectivity index (χ4n) is 4.43. The van der Waals surface area contributed by atoms with Crippen molar-refractivity contribution in [2.24, 2.45) is 0 Å². The number of hydrogen-bond acceptors (Lipinski definition) is 8. The number of fused-ring (bicyclic) bond motifs is 1. The van der Waals surface area contributed by atoms with Crippen molar-refractivity contribution in [2.75, 3.05) is 12.0 Å². The van der Waals surface area contributed by atoms with Crippen LogP contribution in [0.15, 0.2) is 66.2 Å². The van der Waals surface area contributed by atoms with Gasteiger partial charge in [0.25, 0.3) is 11.5 Å². The molecule has 37 heavy (non-hydrogen) atoms. The van der Waals surface area contributed by atoms with Crippen LogP contribution < -0.4 is 9.64 Å². The number of methoxy groups -OCH3 is 1. The minimum absolute atomic E-state index is 0.126. The number of ether oxygens (including phenoxy) is 1. The normalized spacial score (nSPS) is 16.9. The summed E-state index contributed by atoms with van der Waals surface area (Å²) >= 11 is 1.25. The molecule has 3 aromatic carbocycles. The number of rotatable bonds is 5. The summed E-state index contributed by atoms with van der Waals surface area (Å²) in [6, 6.07) is 15.1. The predicted octanol–water partition coefficient (Wildman–Crippen LogP) is 5.46. The molecule has 0 unspecified atom stereocenters. The van der Waals surface area contributed by atoms with Gasteiger partial charge in [0, 0.05) is 17.7 Å². The third kappa shape index (κ3) is 4.11.